The van der Waals surface area contributed by atoms with Crippen LogP contribution in [0.4, 0.5) is 5.69 Å². The molecule has 1 amide bonds. The third-order valence-electron chi connectivity index (χ3n) is 4.04. The van der Waals surface area contributed by atoms with Crippen LogP contribution in [0.15, 0.2) is 57.4 Å². The first-order valence-electron chi connectivity index (χ1n) is 8.30. The van der Waals surface area contributed by atoms with Gasteiger partial charge in [-0.3, -0.25) is 4.79 Å². The highest BCUT2D eigenvalue weighted by atomic mass is 79.9. The number of ether oxygens (including phenoxy) is 1. The zero-order chi connectivity index (χ0) is 18.7. The van der Waals surface area contributed by atoms with Gasteiger partial charge in [-0.25, -0.2) is 0 Å². The average molecular weight is 414 g/mol. The van der Waals surface area contributed by atoms with Gasteiger partial charge in [-0.2, -0.15) is 0 Å². The van der Waals surface area contributed by atoms with Crippen molar-refractivity contribution in [3.8, 4) is 5.75 Å². The van der Waals surface area contributed by atoms with Gasteiger partial charge in [0.2, 0.25) is 0 Å². The molecular formula is C21H20BrNO3. The minimum atomic E-state index is -0.236. The molecule has 4 nitrogen and oxygen atoms in total. The second-order valence-corrected chi connectivity index (χ2v) is 6.92. The van der Waals surface area contributed by atoms with Crippen molar-refractivity contribution < 1.29 is 13.9 Å². The Labute approximate surface area is 161 Å². The maximum absolute atomic E-state index is 12.7. The molecule has 0 aliphatic carbocycles. The largest absolute Gasteiger partial charge is 0.487 e. The molecule has 0 spiro atoms. The molecular weight excluding hydrogens is 394 g/mol. The fraction of sp³-hybridized carbons (Fsp3) is 0.190. The van der Waals surface area contributed by atoms with E-state index in [-0.39, 0.29) is 5.91 Å². The van der Waals surface area contributed by atoms with Crippen LogP contribution in [0.1, 0.15) is 33.0 Å². The number of carbonyl (C=O) groups excluding carboxylic acids is 1. The van der Waals surface area contributed by atoms with Crippen LogP contribution in [0.2, 0.25) is 0 Å². The van der Waals surface area contributed by atoms with Gasteiger partial charge in [0.1, 0.15) is 23.9 Å². The summed E-state index contributed by atoms with van der Waals surface area (Å²) < 4.78 is 12.1. The first-order valence-corrected chi connectivity index (χ1v) is 9.09. The zero-order valence-corrected chi connectivity index (χ0v) is 16.5. The SMILES string of the molecule is Cc1ccc(NC(=O)c2c(C)oc(C)c2Br)c(OCc2ccccc2)c1. The lowest BCUT2D eigenvalue weighted by atomic mass is 10.2. The van der Waals surface area contributed by atoms with Crippen molar-refractivity contribution in [3.05, 3.63) is 81.2 Å². The number of anilines is 1. The molecule has 0 aliphatic heterocycles. The van der Waals surface area contributed by atoms with Crippen LogP contribution in [0.5, 0.6) is 5.75 Å². The van der Waals surface area contributed by atoms with E-state index in [1.807, 2.05) is 62.4 Å². The van der Waals surface area contributed by atoms with E-state index in [1.54, 1.807) is 6.92 Å². The molecule has 0 unspecified atom stereocenters. The molecule has 134 valence electrons. The van der Waals surface area contributed by atoms with Crippen molar-refractivity contribution >= 4 is 27.5 Å². The molecule has 3 aromatic rings. The minimum absolute atomic E-state index is 0.236. The molecule has 0 fully saturated rings. The molecule has 1 aromatic heterocycles. The monoisotopic (exact) mass is 413 g/mol. The van der Waals surface area contributed by atoms with E-state index < -0.39 is 0 Å². The van der Waals surface area contributed by atoms with E-state index in [4.69, 9.17) is 9.15 Å². The highest BCUT2D eigenvalue weighted by molar-refractivity contribution is 9.10. The van der Waals surface area contributed by atoms with Crippen LogP contribution in [0.3, 0.4) is 0 Å². The number of benzene rings is 2. The smallest absolute Gasteiger partial charge is 0.260 e. The Balaban J connectivity index is 1.82. The number of halogens is 1. The lowest BCUT2D eigenvalue weighted by Gasteiger charge is -2.13. The Kier molecular flexibility index (Phi) is 5.47. The van der Waals surface area contributed by atoms with Gasteiger partial charge in [0.05, 0.1) is 15.7 Å². The Morgan fingerprint density at radius 2 is 1.81 bits per heavy atom. The van der Waals surface area contributed by atoms with Gasteiger partial charge in [0.25, 0.3) is 5.91 Å². The first-order chi connectivity index (χ1) is 12.5. The predicted molar refractivity (Wildman–Crippen MR) is 106 cm³/mol. The fourth-order valence-corrected chi connectivity index (χ4v) is 3.23. The van der Waals surface area contributed by atoms with Gasteiger partial charge >= 0.3 is 0 Å². The third-order valence-corrected chi connectivity index (χ3v) is 4.99. The third kappa shape index (κ3) is 3.99. The van der Waals surface area contributed by atoms with E-state index >= 15 is 0 Å². The second-order valence-electron chi connectivity index (χ2n) is 6.13. The normalized spacial score (nSPS) is 10.6. The van der Waals surface area contributed by atoms with Gasteiger partial charge in [0.15, 0.2) is 0 Å². The minimum Gasteiger partial charge on any atom is -0.487 e. The Hall–Kier alpha value is -2.53. The molecule has 1 N–H and O–H groups in total. The lowest BCUT2D eigenvalue weighted by molar-refractivity contribution is 0.102. The van der Waals surface area contributed by atoms with Gasteiger partial charge in [0, 0.05) is 0 Å². The van der Waals surface area contributed by atoms with Gasteiger partial charge in [-0.15, -0.1) is 0 Å². The van der Waals surface area contributed by atoms with Crippen molar-refractivity contribution in [3.63, 3.8) is 0 Å². The Morgan fingerprint density at radius 3 is 2.46 bits per heavy atom. The number of rotatable bonds is 5. The first kappa shape index (κ1) is 18.3. The Morgan fingerprint density at radius 1 is 1.08 bits per heavy atom. The molecule has 0 radical (unpaired) electrons. The highest BCUT2D eigenvalue weighted by Crippen LogP contribution is 2.31. The molecule has 0 bridgehead atoms. The van der Waals surface area contributed by atoms with Crippen molar-refractivity contribution in [2.24, 2.45) is 0 Å². The number of nitrogens with one attached hydrogen (secondary N) is 1. The molecule has 5 heteroatoms. The number of hydrogen-bond acceptors (Lipinski definition) is 3. The van der Waals surface area contributed by atoms with Crippen molar-refractivity contribution in [2.75, 3.05) is 5.32 Å². The maximum atomic E-state index is 12.7. The summed E-state index contributed by atoms with van der Waals surface area (Å²) in [6.07, 6.45) is 0. The fourth-order valence-electron chi connectivity index (χ4n) is 2.69. The number of amides is 1. The van der Waals surface area contributed by atoms with Gasteiger partial charge < -0.3 is 14.5 Å². The summed E-state index contributed by atoms with van der Waals surface area (Å²) in [5, 5.41) is 2.93. The molecule has 0 saturated heterocycles. The van der Waals surface area contributed by atoms with Crippen LogP contribution in [0.25, 0.3) is 0 Å². The molecule has 0 aliphatic rings. The van der Waals surface area contributed by atoms with E-state index in [0.29, 0.717) is 39.6 Å². The molecule has 0 atom stereocenters. The number of furan rings is 1. The van der Waals surface area contributed by atoms with E-state index in [0.717, 1.165) is 11.1 Å². The summed E-state index contributed by atoms with van der Waals surface area (Å²) >= 11 is 3.42. The quantitative estimate of drug-likeness (QED) is 0.574. The molecule has 3 rings (SSSR count). The summed E-state index contributed by atoms with van der Waals surface area (Å²) in [6, 6.07) is 15.6. The van der Waals surface area contributed by atoms with Crippen LogP contribution in [0, 0.1) is 20.8 Å². The van der Waals surface area contributed by atoms with Crippen LogP contribution in [-0.2, 0) is 6.61 Å². The molecule has 26 heavy (non-hydrogen) atoms. The second kappa shape index (κ2) is 7.79. The number of hydrogen-bond donors (Lipinski definition) is 1. The Bertz CT molecular complexity index is 932. The summed E-state index contributed by atoms with van der Waals surface area (Å²) in [7, 11) is 0. The van der Waals surface area contributed by atoms with Crippen LogP contribution < -0.4 is 10.1 Å². The highest BCUT2D eigenvalue weighted by Gasteiger charge is 2.21. The summed E-state index contributed by atoms with van der Waals surface area (Å²) in [4.78, 5) is 12.7. The van der Waals surface area contributed by atoms with E-state index in [1.165, 1.54) is 0 Å². The summed E-state index contributed by atoms with van der Waals surface area (Å²) in [5.41, 5.74) is 3.25. The summed E-state index contributed by atoms with van der Waals surface area (Å²) in [6.45, 7) is 6.00. The molecule has 1 heterocycles. The van der Waals surface area contributed by atoms with Gasteiger partial charge in [-0.05, 0) is 60.0 Å². The molecule has 2 aromatic carbocycles. The van der Waals surface area contributed by atoms with Crippen LogP contribution in [-0.4, -0.2) is 5.91 Å². The van der Waals surface area contributed by atoms with E-state index in [2.05, 4.69) is 21.2 Å². The van der Waals surface area contributed by atoms with Crippen molar-refractivity contribution in [1.82, 2.24) is 0 Å². The molecule has 0 saturated carbocycles. The zero-order valence-electron chi connectivity index (χ0n) is 14.9. The maximum Gasteiger partial charge on any atom is 0.260 e. The average Bonchev–Trinajstić information content (AvgIpc) is 2.88. The topological polar surface area (TPSA) is 51.5 Å². The van der Waals surface area contributed by atoms with Crippen LogP contribution >= 0.6 is 15.9 Å². The summed E-state index contributed by atoms with van der Waals surface area (Å²) in [5.74, 6) is 1.65. The standard InChI is InChI=1S/C21H20BrNO3/c1-13-9-10-17(18(11-13)25-12-16-7-5-4-6-8-16)23-21(24)19-14(2)26-15(3)20(19)22/h4-11H,12H2,1-3H3,(H,23,24). The number of carbonyl (C=O) groups is 1. The van der Waals surface area contributed by atoms with Crippen molar-refractivity contribution in [2.45, 2.75) is 27.4 Å². The predicted octanol–water partition coefficient (Wildman–Crippen LogP) is 5.80. The van der Waals surface area contributed by atoms with Gasteiger partial charge in [-0.1, -0.05) is 36.4 Å². The van der Waals surface area contributed by atoms with Crippen molar-refractivity contribution in [1.29, 1.82) is 0 Å². The lowest BCUT2D eigenvalue weighted by Crippen LogP contribution is -2.14. The van der Waals surface area contributed by atoms with E-state index in [9.17, 15) is 4.79 Å². The number of aryl methyl sites for hydroxylation is 3.